The van der Waals surface area contributed by atoms with Gasteiger partial charge in [0.05, 0.1) is 6.10 Å². The zero-order valence-corrected chi connectivity index (χ0v) is 9.94. The molecule has 1 N–H and O–H groups in total. The SMILES string of the molecule is Cc1ccc(/C=C/C(=O)NC[C@H]2CCCO2)o1. The molecule has 17 heavy (non-hydrogen) atoms. The summed E-state index contributed by atoms with van der Waals surface area (Å²) in [5.41, 5.74) is 0. The molecule has 0 aliphatic carbocycles. The summed E-state index contributed by atoms with van der Waals surface area (Å²) in [6.07, 6.45) is 5.44. The van der Waals surface area contributed by atoms with Gasteiger partial charge in [0, 0.05) is 19.2 Å². The van der Waals surface area contributed by atoms with Gasteiger partial charge in [-0.15, -0.1) is 0 Å². The summed E-state index contributed by atoms with van der Waals surface area (Å²) in [6.45, 7) is 3.26. The minimum atomic E-state index is -0.116. The van der Waals surface area contributed by atoms with E-state index in [1.807, 2.05) is 19.1 Å². The third kappa shape index (κ3) is 3.75. The van der Waals surface area contributed by atoms with E-state index in [4.69, 9.17) is 9.15 Å². The molecule has 1 aliphatic heterocycles. The van der Waals surface area contributed by atoms with E-state index in [-0.39, 0.29) is 12.0 Å². The molecule has 1 amide bonds. The van der Waals surface area contributed by atoms with Crippen LogP contribution in [-0.4, -0.2) is 25.2 Å². The van der Waals surface area contributed by atoms with Crippen molar-refractivity contribution in [2.75, 3.05) is 13.2 Å². The van der Waals surface area contributed by atoms with Crippen LogP contribution in [0.4, 0.5) is 0 Å². The Bertz CT molecular complexity index is 403. The summed E-state index contributed by atoms with van der Waals surface area (Å²) in [4.78, 5) is 11.5. The summed E-state index contributed by atoms with van der Waals surface area (Å²) in [5.74, 6) is 1.41. The zero-order valence-electron chi connectivity index (χ0n) is 9.94. The van der Waals surface area contributed by atoms with Crippen LogP contribution in [0, 0.1) is 6.92 Å². The monoisotopic (exact) mass is 235 g/mol. The van der Waals surface area contributed by atoms with Crippen LogP contribution < -0.4 is 5.32 Å². The second kappa shape index (κ2) is 5.68. The van der Waals surface area contributed by atoms with Crippen LogP contribution in [0.1, 0.15) is 24.4 Å². The van der Waals surface area contributed by atoms with E-state index in [0.29, 0.717) is 12.3 Å². The van der Waals surface area contributed by atoms with Crippen molar-refractivity contribution < 1.29 is 13.9 Å². The minimum Gasteiger partial charge on any atom is -0.462 e. The van der Waals surface area contributed by atoms with Crippen molar-refractivity contribution in [3.63, 3.8) is 0 Å². The second-order valence-corrected chi connectivity index (χ2v) is 4.16. The van der Waals surface area contributed by atoms with Gasteiger partial charge >= 0.3 is 0 Å². The molecule has 92 valence electrons. The van der Waals surface area contributed by atoms with Crippen LogP contribution in [0.15, 0.2) is 22.6 Å². The minimum absolute atomic E-state index is 0.116. The number of carbonyl (C=O) groups excluding carboxylic acids is 1. The molecule has 0 aromatic carbocycles. The first-order valence-electron chi connectivity index (χ1n) is 5.88. The largest absolute Gasteiger partial charge is 0.462 e. The van der Waals surface area contributed by atoms with E-state index in [2.05, 4.69) is 5.32 Å². The number of hydrogen-bond acceptors (Lipinski definition) is 3. The fourth-order valence-corrected chi connectivity index (χ4v) is 1.78. The van der Waals surface area contributed by atoms with Crippen LogP contribution in [0.3, 0.4) is 0 Å². The molecule has 1 aromatic heterocycles. The van der Waals surface area contributed by atoms with Gasteiger partial charge in [0.2, 0.25) is 5.91 Å². The van der Waals surface area contributed by atoms with E-state index in [1.165, 1.54) is 6.08 Å². The summed E-state index contributed by atoms with van der Waals surface area (Å²) in [6, 6.07) is 3.70. The highest BCUT2D eigenvalue weighted by atomic mass is 16.5. The van der Waals surface area contributed by atoms with E-state index in [0.717, 1.165) is 25.2 Å². The van der Waals surface area contributed by atoms with E-state index >= 15 is 0 Å². The molecule has 4 heteroatoms. The summed E-state index contributed by atoms with van der Waals surface area (Å²) in [5, 5.41) is 2.81. The number of aryl methyl sites for hydroxylation is 1. The number of carbonyl (C=O) groups is 1. The lowest BCUT2D eigenvalue weighted by Crippen LogP contribution is -2.30. The lowest BCUT2D eigenvalue weighted by atomic mass is 10.2. The second-order valence-electron chi connectivity index (χ2n) is 4.16. The predicted octanol–water partition coefficient (Wildman–Crippen LogP) is 1.90. The molecule has 4 nitrogen and oxygen atoms in total. The lowest BCUT2D eigenvalue weighted by molar-refractivity contribution is -0.116. The van der Waals surface area contributed by atoms with Gasteiger partial charge in [-0.2, -0.15) is 0 Å². The molecule has 1 fully saturated rings. The van der Waals surface area contributed by atoms with Gasteiger partial charge in [0.1, 0.15) is 11.5 Å². The summed E-state index contributed by atoms with van der Waals surface area (Å²) < 4.78 is 10.7. The average molecular weight is 235 g/mol. The molecule has 0 bridgehead atoms. The van der Waals surface area contributed by atoms with Gasteiger partial charge in [0.15, 0.2) is 0 Å². The molecular weight excluding hydrogens is 218 g/mol. The van der Waals surface area contributed by atoms with Gasteiger partial charge in [-0.3, -0.25) is 4.79 Å². The Morgan fingerprint density at radius 2 is 2.47 bits per heavy atom. The van der Waals surface area contributed by atoms with E-state index in [9.17, 15) is 4.79 Å². The first-order chi connectivity index (χ1) is 8.24. The molecule has 1 aliphatic rings. The van der Waals surface area contributed by atoms with Crippen LogP contribution in [0.5, 0.6) is 0 Å². The van der Waals surface area contributed by atoms with E-state index in [1.54, 1.807) is 6.08 Å². The maximum atomic E-state index is 11.5. The highest BCUT2D eigenvalue weighted by Gasteiger charge is 2.15. The predicted molar refractivity (Wildman–Crippen MR) is 64.5 cm³/mol. The summed E-state index contributed by atoms with van der Waals surface area (Å²) in [7, 11) is 0. The Hall–Kier alpha value is -1.55. The number of amides is 1. The maximum Gasteiger partial charge on any atom is 0.244 e. The van der Waals surface area contributed by atoms with Gasteiger partial charge in [0.25, 0.3) is 0 Å². The first kappa shape index (κ1) is 11.9. The van der Waals surface area contributed by atoms with Crippen LogP contribution >= 0.6 is 0 Å². The highest BCUT2D eigenvalue weighted by molar-refractivity contribution is 5.91. The fraction of sp³-hybridized carbons (Fsp3) is 0.462. The first-order valence-corrected chi connectivity index (χ1v) is 5.88. The molecule has 0 radical (unpaired) electrons. The van der Waals surface area contributed by atoms with Crippen LogP contribution in [-0.2, 0) is 9.53 Å². The molecule has 2 rings (SSSR count). The smallest absolute Gasteiger partial charge is 0.244 e. The molecule has 0 saturated carbocycles. The van der Waals surface area contributed by atoms with Crippen molar-refractivity contribution in [1.29, 1.82) is 0 Å². The van der Waals surface area contributed by atoms with Crippen molar-refractivity contribution in [2.45, 2.75) is 25.9 Å². The van der Waals surface area contributed by atoms with Crippen molar-refractivity contribution in [3.8, 4) is 0 Å². The van der Waals surface area contributed by atoms with Crippen LogP contribution in [0.2, 0.25) is 0 Å². The van der Waals surface area contributed by atoms with Gasteiger partial charge in [-0.25, -0.2) is 0 Å². The lowest BCUT2D eigenvalue weighted by Gasteiger charge is -2.08. The Labute approximate surface area is 101 Å². The summed E-state index contributed by atoms with van der Waals surface area (Å²) >= 11 is 0. The normalized spacial score (nSPS) is 19.9. The third-order valence-corrected chi connectivity index (χ3v) is 2.69. The molecule has 1 atom stereocenters. The van der Waals surface area contributed by atoms with Crippen molar-refractivity contribution in [2.24, 2.45) is 0 Å². The fourth-order valence-electron chi connectivity index (χ4n) is 1.78. The Morgan fingerprint density at radius 1 is 1.59 bits per heavy atom. The number of hydrogen-bond donors (Lipinski definition) is 1. The van der Waals surface area contributed by atoms with Gasteiger partial charge in [-0.1, -0.05) is 0 Å². The van der Waals surface area contributed by atoms with Crippen LogP contribution in [0.25, 0.3) is 6.08 Å². The maximum absolute atomic E-state index is 11.5. The van der Waals surface area contributed by atoms with Crippen molar-refractivity contribution in [3.05, 3.63) is 29.7 Å². The number of ether oxygens (including phenoxy) is 1. The third-order valence-electron chi connectivity index (χ3n) is 2.69. The molecule has 2 heterocycles. The standard InChI is InChI=1S/C13H17NO3/c1-10-4-5-11(17-10)6-7-13(15)14-9-12-3-2-8-16-12/h4-7,12H,2-3,8-9H2,1H3,(H,14,15)/b7-6+/t12-/m1/s1. The van der Waals surface area contributed by atoms with E-state index < -0.39 is 0 Å². The molecule has 0 unspecified atom stereocenters. The zero-order chi connectivity index (χ0) is 12.1. The number of furan rings is 1. The highest BCUT2D eigenvalue weighted by Crippen LogP contribution is 2.10. The Morgan fingerprint density at radius 3 is 3.12 bits per heavy atom. The average Bonchev–Trinajstić information content (AvgIpc) is 2.95. The number of nitrogens with one attached hydrogen (secondary N) is 1. The molecule has 0 spiro atoms. The van der Waals surface area contributed by atoms with Crippen molar-refractivity contribution >= 4 is 12.0 Å². The molecule has 1 saturated heterocycles. The Kier molecular flexibility index (Phi) is 3.98. The van der Waals surface area contributed by atoms with Gasteiger partial charge < -0.3 is 14.5 Å². The Balaban J connectivity index is 1.74. The molecule has 1 aromatic rings. The molecular formula is C13H17NO3. The van der Waals surface area contributed by atoms with Crippen molar-refractivity contribution in [1.82, 2.24) is 5.32 Å². The topological polar surface area (TPSA) is 51.5 Å². The quantitative estimate of drug-likeness (QED) is 0.811. The van der Waals surface area contributed by atoms with Gasteiger partial charge in [-0.05, 0) is 38.0 Å². The number of rotatable bonds is 4.